The topological polar surface area (TPSA) is 87.7 Å². The van der Waals surface area contributed by atoms with Crippen molar-refractivity contribution in [3.8, 4) is 0 Å². The third kappa shape index (κ3) is 4.45. The quantitative estimate of drug-likeness (QED) is 0.613. The van der Waals surface area contributed by atoms with Crippen molar-refractivity contribution in [2.75, 3.05) is 26.8 Å². The van der Waals surface area contributed by atoms with Gasteiger partial charge in [-0.05, 0) is 32.4 Å². The number of rotatable bonds is 8. The van der Waals surface area contributed by atoms with Crippen LogP contribution in [0, 0.1) is 5.41 Å². The van der Waals surface area contributed by atoms with Gasteiger partial charge in [0, 0.05) is 7.11 Å². The van der Waals surface area contributed by atoms with Gasteiger partial charge in [0.2, 0.25) is 5.91 Å². The molecule has 1 amide bonds. The standard InChI is InChI=1S/C14H26N2O4/c1-3-4-5-11(12(17)18)16-13(19)14(10-20-2)6-8-15-9-7-14/h11,15H,3-10H2,1-2H3,(H,16,19)(H,17,18). The maximum Gasteiger partial charge on any atom is 0.326 e. The summed E-state index contributed by atoms with van der Waals surface area (Å²) < 4.78 is 5.19. The number of amides is 1. The molecule has 20 heavy (non-hydrogen) atoms. The van der Waals surface area contributed by atoms with Crippen LogP contribution in [-0.4, -0.2) is 49.8 Å². The van der Waals surface area contributed by atoms with E-state index in [1.165, 1.54) is 0 Å². The van der Waals surface area contributed by atoms with Gasteiger partial charge in [0.15, 0.2) is 0 Å². The minimum Gasteiger partial charge on any atom is -0.480 e. The summed E-state index contributed by atoms with van der Waals surface area (Å²) in [6.45, 7) is 3.84. The lowest BCUT2D eigenvalue weighted by molar-refractivity contribution is -0.146. The van der Waals surface area contributed by atoms with Crippen LogP contribution in [0.3, 0.4) is 0 Å². The molecule has 116 valence electrons. The van der Waals surface area contributed by atoms with Crippen molar-refractivity contribution < 1.29 is 19.4 Å². The number of carboxylic acids is 1. The Morgan fingerprint density at radius 2 is 2.05 bits per heavy atom. The van der Waals surface area contributed by atoms with Crippen molar-refractivity contribution >= 4 is 11.9 Å². The second kappa shape index (κ2) is 8.21. The van der Waals surface area contributed by atoms with Crippen LogP contribution in [0.4, 0.5) is 0 Å². The van der Waals surface area contributed by atoms with Crippen molar-refractivity contribution in [3.05, 3.63) is 0 Å². The Balaban J connectivity index is 2.70. The normalized spacial score (nSPS) is 19.3. The summed E-state index contributed by atoms with van der Waals surface area (Å²) >= 11 is 0. The number of carboxylic acid groups (broad SMARTS) is 1. The first kappa shape index (κ1) is 16.9. The summed E-state index contributed by atoms with van der Waals surface area (Å²) in [5.41, 5.74) is -0.597. The first-order valence-corrected chi connectivity index (χ1v) is 7.29. The molecule has 1 fully saturated rings. The molecule has 0 saturated carbocycles. The SMILES string of the molecule is CCCCC(NC(=O)C1(COC)CCNCC1)C(=O)O. The molecule has 0 bridgehead atoms. The monoisotopic (exact) mass is 286 g/mol. The molecule has 0 aromatic carbocycles. The summed E-state index contributed by atoms with van der Waals surface area (Å²) in [5.74, 6) is -1.15. The highest BCUT2D eigenvalue weighted by Crippen LogP contribution is 2.29. The van der Waals surface area contributed by atoms with Gasteiger partial charge in [0.1, 0.15) is 6.04 Å². The molecular weight excluding hydrogens is 260 g/mol. The fourth-order valence-corrected chi connectivity index (χ4v) is 2.60. The molecule has 1 unspecified atom stereocenters. The van der Waals surface area contributed by atoms with Crippen LogP contribution < -0.4 is 10.6 Å². The molecule has 1 atom stereocenters. The zero-order chi connectivity index (χ0) is 15.0. The van der Waals surface area contributed by atoms with Gasteiger partial charge in [-0.25, -0.2) is 4.79 Å². The lowest BCUT2D eigenvalue weighted by Crippen LogP contribution is -2.53. The average molecular weight is 286 g/mol. The number of nitrogens with one attached hydrogen (secondary N) is 2. The zero-order valence-electron chi connectivity index (χ0n) is 12.4. The molecule has 0 radical (unpaired) electrons. The summed E-state index contributed by atoms with van der Waals surface area (Å²) in [4.78, 5) is 23.7. The molecular formula is C14H26N2O4. The van der Waals surface area contributed by atoms with Crippen LogP contribution >= 0.6 is 0 Å². The highest BCUT2D eigenvalue weighted by Gasteiger charge is 2.41. The molecule has 1 aliphatic heterocycles. The Bertz CT molecular complexity index is 322. The van der Waals surface area contributed by atoms with Crippen LogP contribution in [0.2, 0.25) is 0 Å². The van der Waals surface area contributed by atoms with Crippen molar-refractivity contribution in [2.45, 2.75) is 45.1 Å². The molecule has 1 saturated heterocycles. The van der Waals surface area contributed by atoms with E-state index in [0.29, 0.717) is 25.9 Å². The summed E-state index contributed by atoms with van der Waals surface area (Å²) in [7, 11) is 1.57. The lowest BCUT2D eigenvalue weighted by atomic mass is 9.78. The Morgan fingerprint density at radius 1 is 1.40 bits per heavy atom. The van der Waals surface area contributed by atoms with Gasteiger partial charge in [0.25, 0.3) is 0 Å². The maximum atomic E-state index is 12.5. The molecule has 1 aliphatic rings. The molecule has 0 aromatic heterocycles. The molecule has 3 N–H and O–H groups in total. The maximum absolute atomic E-state index is 12.5. The van der Waals surface area contributed by atoms with E-state index >= 15 is 0 Å². The van der Waals surface area contributed by atoms with Crippen LogP contribution in [-0.2, 0) is 14.3 Å². The summed E-state index contributed by atoms with van der Waals surface area (Å²) in [6, 6.07) is -0.800. The van der Waals surface area contributed by atoms with Crippen molar-refractivity contribution in [1.29, 1.82) is 0 Å². The molecule has 0 aliphatic carbocycles. The van der Waals surface area contributed by atoms with E-state index in [-0.39, 0.29) is 5.91 Å². The highest BCUT2D eigenvalue weighted by atomic mass is 16.5. The van der Waals surface area contributed by atoms with Gasteiger partial charge >= 0.3 is 5.97 Å². The highest BCUT2D eigenvalue weighted by molar-refractivity contribution is 5.87. The van der Waals surface area contributed by atoms with E-state index < -0.39 is 17.4 Å². The van der Waals surface area contributed by atoms with E-state index in [9.17, 15) is 14.7 Å². The first-order valence-electron chi connectivity index (χ1n) is 7.29. The van der Waals surface area contributed by atoms with Crippen molar-refractivity contribution in [2.24, 2.45) is 5.41 Å². The van der Waals surface area contributed by atoms with Crippen molar-refractivity contribution in [1.82, 2.24) is 10.6 Å². The Labute approximate surface area is 120 Å². The van der Waals surface area contributed by atoms with Crippen LogP contribution in [0.1, 0.15) is 39.0 Å². The predicted molar refractivity (Wildman–Crippen MR) is 75.5 cm³/mol. The smallest absolute Gasteiger partial charge is 0.326 e. The van der Waals surface area contributed by atoms with Gasteiger partial charge in [0.05, 0.1) is 12.0 Å². The Hall–Kier alpha value is -1.14. The second-order valence-electron chi connectivity index (χ2n) is 5.47. The molecule has 1 heterocycles. The van der Waals surface area contributed by atoms with E-state index in [0.717, 1.165) is 25.9 Å². The number of unbranched alkanes of at least 4 members (excludes halogenated alkanes) is 1. The van der Waals surface area contributed by atoms with E-state index in [2.05, 4.69) is 10.6 Å². The number of methoxy groups -OCH3 is 1. The second-order valence-corrected chi connectivity index (χ2v) is 5.47. The Kier molecular flexibility index (Phi) is 6.95. The third-order valence-electron chi connectivity index (χ3n) is 3.91. The van der Waals surface area contributed by atoms with Crippen LogP contribution in [0.5, 0.6) is 0 Å². The van der Waals surface area contributed by atoms with Gasteiger partial charge in [-0.15, -0.1) is 0 Å². The lowest BCUT2D eigenvalue weighted by Gasteiger charge is -2.36. The number of aliphatic carboxylic acids is 1. The first-order chi connectivity index (χ1) is 9.55. The number of hydrogen-bond acceptors (Lipinski definition) is 4. The number of piperidine rings is 1. The summed E-state index contributed by atoms with van der Waals surface area (Å²) in [6.07, 6.45) is 3.52. The molecule has 6 nitrogen and oxygen atoms in total. The Morgan fingerprint density at radius 3 is 2.55 bits per heavy atom. The number of hydrogen-bond donors (Lipinski definition) is 3. The van der Waals surface area contributed by atoms with Gasteiger partial charge in [-0.3, -0.25) is 4.79 Å². The minimum atomic E-state index is -0.965. The van der Waals surface area contributed by atoms with Crippen molar-refractivity contribution in [3.63, 3.8) is 0 Å². The zero-order valence-corrected chi connectivity index (χ0v) is 12.4. The molecule has 0 spiro atoms. The van der Waals surface area contributed by atoms with E-state index in [1.807, 2.05) is 6.92 Å². The minimum absolute atomic E-state index is 0.190. The fourth-order valence-electron chi connectivity index (χ4n) is 2.60. The molecule has 1 rings (SSSR count). The summed E-state index contributed by atoms with van der Waals surface area (Å²) in [5, 5.41) is 15.1. The fraction of sp³-hybridized carbons (Fsp3) is 0.857. The van der Waals surface area contributed by atoms with E-state index in [4.69, 9.17) is 4.74 Å². The van der Waals surface area contributed by atoms with Crippen LogP contribution in [0.25, 0.3) is 0 Å². The third-order valence-corrected chi connectivity index (χ3v) is 3.91. The number of ether oxygens (including phenoxy) is 1. The van der Waals surface area contributed by atoms with Gasteiger partial charge < -0.3 is 20.5 Å². The number of carbonyl (C=O) groups excluding carboxylic acids is 1. The number of carbonyl (C=O) groups is 2. The van der Waals surface area contributed by atoms with Crippen LogP contribution in [0.15, 0.2) is 0 Å². The van der Waals surface area contributed by atoms with Gasteiger partial charge in [-0.1, -0.05) is 19.8 Å². The molecule has 6 heteroatoms. The van der Waals surface area contributed by atoms with Gasteiger partial charge in [-0.2, -0.15) is 0 Å². The van der Waals surface area contributed by atoms with E-state index in [1.54, 1.807) is 7.11 Å². The average Bonchev–Trinajstić information content (AvgIpc) is 2.44. The predicted octanol–water partition coefficient (Wildman–Crippen LogP) is 0.762. The molecule has 0 aromatic rings. The largest absolute Gasteiger partial charge is 0.480 e.